The van der Waals surface area contributed by atoms with E-state index in [0.717, 1.165) is 0 Å². The Morgan fingerprint density at radius 1 is 1.14 bits per heavy atom. The Hall–Kier alpha value is -0.230. The molecule has 0 heterocycles. The third kappa shape index (κ3) is 8.37. The quantitative estimate of drug-likeness (QED) is 0.754. The standard InChI is InChI=1S/C8H16F2O3S/c1-7(2,3)4-5-8(9,10)6-14(11,12)13/h4-6H2,1-3H3,(H,11,12,13). The molecule has 0 aromatic carbocycles. The van der Waals surface area contributed by atoms with E-state index in [0.29, 0.717) is 0 Å². The molecule has 6 heteroatoms. The lowest BCUT2D eigenvalue weighted by molar-refractivity contribution is 0.00479. The Labute approximate surface area is 83.3 Å². The summed E-state index contributed by atoms with van der Waals surface area (Å²) in [7, 11) is -4.60. The zero-order valence-corrected chi connectivity index (χ0v) is 9.37. The highest BCUT2D eigenvalue weighted by Gasteiger charge is 2.35. The maximum atomic E-state index is 12.9. The van der Waals surface area contributed by atoms with Gasteiger partial charge in [-0.25, -0.2) is 8.78 Å². The molecule has 0 saturated carbocycles. The Morgan fingerprint density at radius 2 is 1.57 bits per heavy atom. The molecule has 0 aliphatic carbocycles. The number of rotatable bonds is 4. The number of hydrogen-bond acceptors (Lipinski definition) is 2. The number of halogens is 2. The van der Waals surface area contributed by atoms with Gasteiger partial charge in [-0.2, -0.15) is 8.42 Å². The van der Waals surface area contributed by atoms with Crippen molar-refractivity contribution in [1.29, 1.82) is 0 Å². The highest BCUT2D eigenvalue weighted by molar-refractivity contribution is 7.85. The van der Waals surface area contributed by atoms with E-state index in [9.17, 15) is 17.2 Å². The Kier molecular flexibility index (Phi) is 4.03. The minimum absolute atomic E-state index is 0.204. The van der Waals surface area contributed by atoms with Gasteiger partial charge in [0.25, 0.3) is 16.0 Å². The van der Waals surface area contributed by atoms with Gasteiger partial charge in [-0.15, -0.1) is 0 Å². The summed E-state index contributed by atoms with van der Waals surface area (Å²) in [5.41, 5.74) is -0.275. The molecule has 3 nitrogen and oxygen atoms in total. The van der Waals surface area contributed by atoms with Gasteiger partial charge in [0.05, 0.1) is 0 Å². The smallest absolute Gasteiger partial charge is 0.270 e. The normalized spacial score (nSPS) is 14.4. The van der Waals surface area contributed by atoms with Crippen LogP contribution in [-0.4, -0.2) is 24.6 Å². The zero-order valence-electron chi connectivity index (χ0n) is 8.55. The van der Waals surface area contributed by atoms with E-state index >= 15 is 0 Å². The van der Waals surface area contributed by atoms with Gasteiger partial charge >= 0.3 is 0 Å². The lowest BCUT2D eigenvalue weighted by Gasteiger charge is -2.22. The zero-order chi connectivity index (χ0) is 11.6. The van der Waals surface area contributed by atoms with Crippen LogP contribution in [0, 0.1) is 5.41 Å². The van der Waals surface area contributed by atoms with Crippen molar-refractivity contribution in [3.05, 3.63) is 0 Å². The molecule has 0 rings (SSSR count). The summed E-state index contributed by atoms with van der Waals surface area (Å²) in [6.07, 6.45) is -0.328. The second-order valence-corrected chi connectivity index (χ2v) is 6.10. The highest BCUT2D eigenvalue weighted by atomic mass is 32.2. The molecule has 86 valence electrons. The molecule has 0 aromatic rings. The first-order valence-electron chi connectivity index (χ1n) is 4.24. The molecule has 0 bridgehead atoms. The van der Waals surface area contributed by atoms with Gasteiger partial charge in [-0.05, 0) is 11.8 Å². The molecular weight excluding hydrogens is 214 g/mol. The van der Waals surface area contributed by atoms with Crippen LogP contribution in [0.25, 0.3) is 0 Å². The minimum atomic E-state index is -4.60. The maximum Gasteiger partial charge on any atom is 0.270 e. The van der Waals surface area contributed by atoms with Crippen molar-refractivity contribution < 1.29 is 21.8 Å². The topological polar surface area (TPSA) is 54.4 Å². The molecule has 0 unspecified atom stereocenters. The molecule has 14 heavy (non-hydrogen) atoms. The second kappa shape index (κ2) is 4.10. The van der Waals surface area contributed by atoms with Gasteiger partial charge in [0, 0.05) is 6.42 Å². The summed E-state index contributed by atoms with van der Waals surface area (Å²) in [5, 5.41) is 0. The van der Waals surface area contributed by atoms with E-state index in [2.05, 4.69) is 0 Å². The monoisotopic (exact) mass is 230 g/mol. The SMILES string of the molecule is CC(C)(C)CCC(F)(F)CS(=O)(=O)O. The van der Waals surface area contributed by atoms with Gasteiger partial charge < -0.3 is 0 Å². The molecule has 0 saturated heterocycles. The Bertz CT molecular complexity index is 277. The van der Waals surface area contributed by atoms with Crippen LogP contribution in [0.3, 0.4) is 0 Å². The van der Waals surface area contributed by atoms with E-state index in [-0.39, 0.29) is 11.8 Å². The predicted octanol–water partition coefficient (Wildman–Crippen LogP) is 2.34. The molecule has 0 amide bonds. The third-order valence-electron chi connectivity index (χ3n) is 1.63. The fraction of sp³-hybridized carbons (Fsp3) is 1.00. The first kappa shape index (κ1) is 13.8. The van der Waals surface area contributed by atoms with Crippen molar-refractivity contribution in [3.8, 4) is 0 Å². The summed E-state index contributed by atoms with van der Waals surface area (Å²) in [4.78, 5) is 0. The molecule has 0 aliphatic heterocycles. The van der Waals surface area contributed by atoms with Crippen LogP contribution in [0.2, 0.25) is 0 Å². The molecule has 0 atom stereocenters. The van der Waals surface area contributed by atoms with E-state index in [1.165, 1.54) is 0 Å². The first-order chi connectivity index (χ1) is 5.91. The molecule has 0 spiro atoms. The summed E-state index contributed by atoms with van der Waals surface area (Å²) in [6.45, 7) is 5.36. The average Bonchev–Trinajstić information content (AvgIpc) is 1.76. The molecular formula is C8H16F2O3S. The largest absolute Gasteiger partial charge is 0.285 e. The van der Waals surface area contributed by atoms with Gasteiger partial charge in [0.15, 0.2) is 0 Å². The third-order valence-corrected chi connectivity index (χ3v) is 2.42. The van der Waals surface area contributed by atoms with Crippen LogP contribution in [0.1, 0.15) is 33.6 Å². The minimum Gasteiger partial charge on any atom is -0.285 e. The lowest BCUT2D eigenvalue weighted by atomic mass is 9.89. The maximum absolute atomic E-state index is 12.9. The van der Waals surface area contributed by atoms with Gasteiger partial charge in [0.1, 0.15) is 5.75 Å². The van der Waals surface area contributed by atoms with E-state index in [1.54, 1.807) is 20.8 Å². The van der Waals surface area contributed by atoms with E-state index in [4.69, 9.17) is 4.55 Å². The van der Waals surface area contributed by atoms with E-state index < -0.39 is 28.2 Å². The van der Waals surface area contributed by atoms with Crippen LogP contribution >= 0.6 is 0 Å². The second-order valence-electron chi connectivity index (χ2n) is 4.64. The van der Waals surface area contributed by atoms with Crippen LogP contribution in [0.15, 0.2) is 0 Å². The molecule has 0 radical (unpaired) electrons. The molecule has 0 aromatic heterocycles. The van der Waals surface area contributed by atoms with Gasteiger partial charge in [-0.1, -0.05) is 20.8 Å². The van der Waals surface area contributed by atoms with Crippen molar-refractivity contribution in [2.75, 3.05) is 5.75 Å². The molecule has 0 fully saturated rings. The summed E-state index contributed by atoms with van der Waals surface area (Å²) < 4.78 is 54.6. The average molecular weight is 230 g/mol. The van der Waals surface area contributed by atoms with Crippen LogP contribution in [0.5, 0.6) is 0 Å². The highest BCUT2D eigenvalue weighted by Crippen LogP contribution is 2.29. The van der Waals surface area contributed by atoms with E-state index in [1.807, 2.05) is 0 Å². The van der Waals surface area contributed by atoms with Crippen LogP contribution in [0.4, 0.5) is 8.78 Å². The van der Waals surface area contributed by atoms with Crippen LogP contribution in [-0.2, 0) is 10.1 Å². The number of hydrogen-bond donors (Lipinski definition) is 1. The van der Waals surface area contributed by atoms with Crippen molar-refractivity contribution in [2.45, 2.75) is 39.5 Å². The fourth-order valence-corrected chi connectivity index (χ4v) is 1.57. The van der Waals surface area contributed by atoms with Crippen molar-refractivity contribution in [1.82, 2.24) is 0 Å². The summed E-state index contributed by atoms with van der Waals surface area (Å²) in [6, 6.07) is 0. The van der Waals surface area contributed by atoms with Crippen LogP contribution < -0.4 is 0 Å². The summed E-state index contributed by atoms with van der Waals surface area (Å²) >= 11 is 0. The van der Waals surface area contributed by atoms with Gasteiger partial charge in [-0.3, -0.25) is 4.55 Å². The van der Waals surface area contributed by atoms with Crippen molar-refractivity contribution in [2.24, 2.45) is 5.41 Å². The molecule has 1 N–H and O–H groups in total. The Balaban J connectivity index is 4.23. The lowest BCUT2D eigenvalue weighted by Crippen LogP contribution is -2.28. The molecule has 0 aliphatic rings. The summed E-state index contributed by atoms with van der Waals surface area (Å²) in [5.74, 6) is -4.84. The van der Waals surface area contributed by atoms with Gasteiger partial charge in [0.2, 0.25) is 0 Å². The Morgan fingerprint density at radius 3 is 1.86 bits per heavy atom. The predicted molar refractivity (Wildman–Crippen MR) is 50.1 cm³/mol. The number of alkyl halides is 2. The van der Waals surface area contributed by atoms with Crippen molar-refractivity contribution >= 4 is 10.1 Å². The van der Waals surface area contributed by atoms with Crippen molar-refractivity contribution in [3.63, 3.8) is 0 Å². The first-order valence-corrected chi connectivity index (χ1v) is 5.85. The fourth-order valence-electron chi connectivity index (χ4n) is 0.897.